The first-order chi connectivity index (χ1) is 12.6. The number of rotatable bonds is 5. The van der Waals surface area contributed by atoms with E-state index in [1.807, 2.05) is 0 Å². The molecule has 2 N–H and O–H groups in total. The van der Waals surface area contributed by atoms with Crippen molar-refractivity contribution in [2.24, 2.45) is 0 Å². The number of fused-ring (bicyclic) bond motifs is 1. The Labute approximate surface area is 149 Å². The number of nitrogens with one attached hydrogen (secondary N) is 2. The molecule has 0 fully saturated rings. The molecule has 1 unspecified atom stereocenters. The molecular weight excluding hydrogens is 338 g/mol. The molecule has 1 aliphatic carbocycles. The van der Waals surface area contributed by atoms with E-state index in [1.54, 1.807) is 18.3 Å². The Bertz CT molecular complexity index is 812. The second-order valence-corrected chi connectivity index (χ2v) is 5.98. The first-order valence-electron chi connectivity index (χ1n) is 8.25. The number of esters is 2. The molecule has 1 aromatic heterocycles. The number of carbonyl (C=O) groups excluding carboxylic acids is 3. The van der Waals surface area contributed by atoms with E-state index in [0.717, 1.165) is 24.1 Å². The Morgan fingerprint density at radius 1 is 1.27 bits per heavy atom. The number of aryl methyl sites for hydroxylation is 1. The maximum Gasteiger partial charge on any atom is 0.337 e. The summed E-state index contributed by atoms with van der Waals surface area (Å²) >= 11 is 0. The second-order valence-electron chi connectivity index (χ2n) is 5.98. The Morgan fingerprint density at radius 2 is 2.04 bits per heavy atom. The predicted octanol–water partition coefficient (Wildman–Crippen LogP) is 1.80. The second kappa shape index (κ2) is 7.81. The van der Waals surface area contributed by atoms with Crippen LogP contribution in [0.4, 0.5) is 5.69 Å². The zero-order valence-corrected chi connectivity index (χ0v) is 14.3. The van der Waals surface area contributed by atoms with E-state index in [1.165, 1.54) is 19.2 Å². The van der Waals surface area contributed by atoms with Crippen LogP contribution in [0.25, 0.3) is 0 Å². The normalized spacial score (nSPS) is 15.7. The van der Waals surface area contributed by atoms with Crippen LogP contribution in [0.1, 0.15) is 40.4 Å². The van der Waals surface area contributed by atoms with Crippen LogP contribution in [0.5, 0.6) is 0 Å². The van der Waals surface area contributed by atoms with Crippen molar-refractivity contribution < 1.29 is 23.9 Å². The number of benzene rings is 1. The molecule has 8 heteroatoms. The molecular formula is C18H19N3O5. The van der Waals surface area contributed by atoms with Crippen molar-refractivity contribution in [3.63, 3.8) is 0 Å². The summed E-state index contributed by atoms with van der Waals surface area (Å²) in [5.74, 6) is -1.76. The van der Waals surface area contributed by atoms with Gasteiger partial charge in [0.2, 0.25) is 0 Å². The fraction of sp³-hybridized carbons (Fsp3) is 0.333. The summed E-state index contributed by atoms with van der Waals surface area (Å²) in [7, 11) is 1.30. The molecule has 8 nitrogen and oxygen atoms in total. The number of anilines is 1. The first-order valence-corrected chi connectivity index (χ1v) is 8.25. The van der Waals surface area contributed by atoms with Crippen molar-refractivity contribution in [3.8, 4) is 0 Å². The van der Waals surface area contributed by atoms with E-state index in [-0.39, 0.29) is 6.61 Å². The lowest BCUT2D eigenvalue weighted by molar-refractivity contribution is -0.149. The van der Waals surface area contributed by atoms with Gasteiger partial charge in [0.15, 0.2) is 6.61 Å². The summed E-state index contributed by atoms with van der Waals surface area (Å²) in [6, 6.07) is 6.22. The van der Waals surface area contributed by atoms with Crippen LogP contribution in [0, 0.1) is 0 Å². The minimum absolute atomic E-state index is 0.377. The third-order valence-electron chi connectivity index (χ3n) is 4.26. The fourth-order valence-corrected chi connectivity index (χ4v) is 2.94. The van der Waals surface area contributed by atoms with Crippen molar-refractivity contribution in [1.29, 1.82) is 0 Å². The van der Waals surface area contributed by atoms with Gasteiger partial charge in [-0.2, -0.15) is 5.10 Å². The average Bonchev–Trinajstić information content (AvgIpc) is 3.15. The van der Waals surface area contributed by atoms with E-state index in [4.69, 9.17) is 4.74 Å². The molecule has 0 saturated carbocycles. The topological polar surface area (TPSA) is 110 Å². The summed E-state index contributed by atoms with van der Waals surface area (Å²) in [6.07, 6.45) is 4.16. The van der Waals surface area contributed by atoms with Crippen LogP contribution in [-0.4, -0.2) is 41.8 Å². The van der Waals surface area contributed by atoms with Gasteiger partial charge < -0.3 is 14.8 Å². The number of methoxy groups -OCH3 is 1. The largest absolute Gasteiger partial charge is 0.465 e. The van der Waals surface area contributed by atoms with Gasteiger partial charge in [-0.05, 0) is 49.1 Å². The van der Waals surface area contributed by atoms with Crippen molar-refractivity contribution >= 4 is 23.5 Å². The third kappa shape index (κ3) is 3.90. The quantitative estimate of drug-likeness (QED) is 0.790. The molecule has 3 rings (SSSR count). The highest BCUT2D eigenvalue weighted by atomic mass is 16.5. The number of nitrogens with zero attached hydrogens (tertiary/aromatic N) is 1. The maximum atomic E-state index is 12.3. The number of hydrogen-bond donors (Lipinski definition) is 2. The van der Waals surface area contributed by atoms with E-state index in [9.17, 15) is 14.4 Å². The van der Waals surface area contributed by atoms with Gasteiger partial charge in [0.1, 0.15) is 0 Å². The van der Waals surface area contributed by atoms with Crippen molar-refractivity contribution in [2.75, 3.05) is 19.0 Å². The molecule has 0 spiro atoms. The molecule has 0 saturated heterocycles. The van der Waals surface area contributed by atoms with Crippen molar-refractivity contribution in [1.82, 2.24) is 10.2 Å². The molecule has 1 amide bonds. The summed E-state index contributed by atoms with van der Waals surface area (Å²) in [5.41, 5.74) is 2.67. The minimum atomic E-state index is -0.456. The van der Waals surface area contributed by atoms with Gasteiger partial charge in [-0.1, -0.05) is 0 Å². The number of hydrogen-bond acceptors (Lipinski definition) is 6. The standard InChI is InChI=1S/C18H19N3O5/c1-25-17(23)11-5-7-13(8-6-11)20-15(22)10-26-18(24)14-4-2-3-12-9-19-21-16(12)14/h5-9,14H,2-4,10H2,1H3,(H,19,21)(H,20,22). The number of aromatic nitrogens is 2. The lowest BCUT2D eigenvalue weighted by Gasteiger charge is -2.20. The highest BCUT2D eigenvalue weighted by Gasteiger charge is 2.29. The van der Waals surface area contributed by atoms with Crippen LogP contribution < -0.4 is 5.32 Å². The number of H-pyrrole nitrogens is 1. The van der Waals surface area contributed by atoms with E-state index in [2.05, 4.69) is 20.3 Å². The Balaban J connectivity index is 1.51. The van der Waals surface area contributed by atoms with E-state index in [0.29, 0.717) is 17.7 Å². The highest BCUT2D eigenvalue weighted by molar-refractivity contribution is 5.94. The SMILES string of the molecule is COC(=O)c1ccc(NC(=O)COC(=O)C2CCCc3cn[nH]c32)cc1. The van der Waals surface area contributed by atoms with Crippen LogP contribution in [0.3, 0.4) is 0 Å². The molecule has 1 atom stereocenters. The van der Waals surface area contributed by atoms with Crippen molar-refractivity contribution in [2.45, 2.75) is 25.2 Å². The Morgan fingerprint density at radius 3 is 2.77 bits per heavy atom. The van der Waals surface area contributed by atoms with Crippen LogP contribution in [-0.2, 0) is 25.5 Å². The lowest BCUT2D eigenvalue weighted by atomic mass is 9.88. The van der Waals surface area contributed by atoms with Gasteiger partial charge in [0, 0.05) is 5.69 Å². The maximum absolute atomic E-state index is 12.3. The smallest absolute Gasteiger partial charge is 0.337 e. The highest BCUT2D eigenvalue weighted by Crippen LogP contribution is 2.30. The first kappa shape index (κ1) is 17.7. The Hall–Kier alpha value is -3.16. The molecule has 1 aromatic carbocycles. The zero-order chi connectivity index (χ0) is 18.5. The van der Waals surface area contributed by atoms with Crippen molar-refractivity contribution in [3.05, 3.63) is 47.3 Å². The number of amides is 1. The molecule has 26 heavy (non-hydrogen) atoms. The monoisotopic (exact) mass is 357 g/mol. The lowest BCUT2D eigenvalue weighted by Crippen LogP contribution is -2.26. The number of carbonyl (C=O) groups is 3. The fourth-order valence-electron chi connectivity index (χ4n) is 2.94. The van der Waals surface area contributed by atoms with E-state index >= 15 is 0 Å². The summed E-state index contributed by atoms with van der Waals surface area (Å²) in [4.78, 5) is 35.6. The molecule has 2 aromatic rings. The molecule has 1 heterocycles. The predicted molar refractivity (Wildman–Crippen MR) is 91.6 cm³/mol. The van der Waals surface area contributed by atoms with Gasteiger partial charge in [-0.3, -0.25) is 14.7 Å². The molecule has 136 valence electrons. The molecule has 0 radical (unpaired) electrons. The third-order valence-corrected chi connectivity index (χ3v) is 4.26. The summed E-state index contributed by atoms with van der Waals surface area (Å²) in [5, 5.41) is 9.42. The van der Waals surface area contributed by atoms with Crippen LogP contribution in [0.15, 0.2) is 30.5 Å². The van der Waals surface area contributed by atoms with Gasteiger partial charge in [0.05, 0.1) is 30.5 Å². The van der Waals surface area contributed by atoms with Crippen LogP contribution in [0.2, 0.25) is 0 Å². The minimum Gasteiger partial charge on any atom is -0.465 e. The zero-order valence-electron chi connectivity index (χ0n) is 14.3. The summed E-state index contributed by atoms with van der Waals surface area (Å²) in [6.45, 7) is -0.377. The number of aromatic amines is 1. The van der Waals surface area contributed by atoms with Gasteiger partial charge in [-0.25, -0.2) is 4.79 Å². The van der Waals surface area contributed by atoms with Gasteiger partial charge in [0.25, 0.3) is 5.91 Å². The van der Waals surface area contributed by atoms with Crippen LogP contribution >= 0.6 is 0 Å². The van der Waals surface area contributed by atoms with Gasteiger partial charge in [-0.15, -0.1) is 0 Å². The van der Waals surface area contributed by atoms with Gasteiger partial charge >= 0.3 is 11.9 Å². The van der Waals surface area contributed by atoms with E-state index < -0.39 is 23.8 Å². The number of ether oxygens (including phenoxy) is 2. The Kier molecular flexibility index (Phi) is 5.31. The molecule has 0 bridgehead atoms. The average molecular weight is 357 g/mol. The summed E-state index contributed by atoms with van der Waals surface area (Å²) < 4.78 is 9.76. The molecule has 0 aliphatic heterocycles. The molecule has 1 aliphatic rings.